The predicted molar refractivity (Wildman–Crippen MR) is 111 cm³/mol. The first-order valence-electron chi connectivity index (χ1n) is 11.3. The fraction of sp³-hybridized carbons (Fsp3) is 0.692. The Morgan fingerprint density at radius 2 is 1.73 bits per heavy atom. The molecular formula is C26H36. The fourth-order valence-electron chi connectivity index (χ4n) is 8.07. The van der Waals surface area contributed by atoms with Crippen LogP contribution in [0.5, 0.6) is 0 Å². The summed E-state index contributed by atoms with van der Waals surface area (Å²) in [4.78, 5) is 0. The van der Waals surface area contributed by atoms with E-state index in [2.05, 4.69) is 50.3 Å². The summed E-state index contributed by atoms with van der Waals surface area (Å²) in [5, 5.41) is 0. The molecular weight excluding hydrogens is 312 g/mol. The molecule has 1 aromatic carbocycles. The second-order valence-electron chi connectivity index (χ2n) is 10.7. The van der Waals surface area contributed by atoms with Gasteiger partial charge in [0.1, 0.15) is 0 Å². The van der Waals surface area contributed by atoms with Crippen molar-refractivity contribution in [2.75, 3.05) is 0 Å². The summed E-state index contributed by atoms with van der Waals surface area (Å²) in [6.07, 6.45) is 17.4. The highest BCUT2D eigenvalue weighted by Gasteiger charge is 2.57. The molecule has 0 spiro atoms. The Hall–Kier alpha value is -1.04. The molecule has 26 heavy (non-hydrogen) atoms. The van der Waals surface area contributed by atoms with Gasteiger partial charge in [0.2, 0.25) is 0 Å². The standard InChI is InChI=1S/C26H36/c1-25-15-13-23-22(12-11-21-10-6-7-14-26(21,23)2)24(25)17-20(18-25)16-19-8-4-3-5-9-19/h3-5,8-9,16,21-24H,6-7,10-15,17-18H2,1-2H3/b20-16+/t21-,22+,23-,24-,25-,26-/m1/s1. The van der Waals surface area contributed by atoms with Crippen molar-refractivity contribution in [3.05, 3.63) is 41.5 Å². The Morgan fingerprint density at radius 3 is 2.58 bits per heavy atom. The van der Waals surface area contributed by atoms with Gasteiger partial charge in [-0.2, -0.15) is 0 Å². The van der Waals surface area contributed by atoms with Gasteiger partial charge in [0.15, 0.2) is 0 Å². The molecule has 4 aliphatic carbocycles. The summed E-state index contributed by atoms with van der Waals surface area (Å²) >= 11 is 0. The van der Waals surface area contributed by atoms with Crippen LogP contribution in [0.2, 0.25) is 0 Å². The Labute approximate surface area is 160 Å². The molecule has 0 heteroatoms. The highest BCUT2D eigenvalue weighted by Crippen LogP contribution is 2.66. The number of fused-ring (bicyclic) bond motifs is 5. The topological polar surface area (TPSA) is 0 Å². The van der Waals surface area contributed by atoms with Crippen LogP contribution in [-0.4, -0.2) is 0 Å². The van der Waals surface area contributed by atoms with E-state index in [1.54, 1.807) is 5.57 Å². The Morgan fingerprint density at radius 1 is 0.885 bits per heavy atom. The van der Waals surface area contributed by atoms with E-state index in [-0.39, 0.29) is 0 Å². The van der Waals surface area contributed by atoms with Crippen LogP contribution in [0.25, 0.3) is 6.08 Å². The zero-order valence-electron chi connectivity index (χ0n) is 16.8. The molecule has 4 saturated carbocycles. The lowest BCUT2D eigenvalue weighted by Gasteiger charge is -2.59. The first-order chi connectivity index (χ1) is 12.6. The van der Waals surface area contributed by atoms with Crippen molar-refractivity contribution in [2.45, 2.75) is 78.1 Å². The molecule has 140 valence electrons. The van der Waals surface area contributed by atoms with Crippen LogP contribution < -0.4 is 0 Å². The van der Waals surface area contributed by atoms with E-state index in [0.717, 1.165) is 23.7 Å². The van der Waals surface area contributed by atoms with Crippen LogP contribution in [0.3, 0.4) is 0 Å². The van der Waals surface area contributed by atoms with E-state index in [4.69, 9.17) is 0 Å². The summed E-state index contributed by atoms with van der Waals surface area (Å²) in [5.74, 6) is 4.03. The van der Waals surface area contributed by atoms with Crippen molar-refractivity contribution < 1.29 is 0 Å². The van der Waals surface area contributed by atoms with Crippen LogP contribution >= 0.6 is 0 Å². The van der Waals surface area contributed by atoms with E-state index in [0.29, 0.717) is 10.8 Å². The number of rotatable bonds is 1. The molecule has 0 heterocycles. The molecule has 1 aromatic rings. The van der Waals surface area contributed by atoms with Crippen LogP contribution in [0.4, 0.5) is 0 Å². The molecule has 0 amide bonds. The third-order valence-corrected chi connectivity index (χ3v) is 9.38. The molecule has 0 radical (unpaired) electrons. The van der Waals surface area contributed by atoms with Gasteiger partial charge in [-0.3, -0.25) is 0 Å². The summed E-state index contributed by atoms with van der Waals surface area (Å²) in [6.45, 7) is 5.33. The SMILES string of the molecule is C[C@]12CC[C@@H]3[C@H](CC[C@H]4CCCC[C@]43C)[C@H]1C/C(=C\c1ccccc1)C2. The first-order valence-corrected chi connectivity index (χ1v) is 11.3. The first kappa shape index (κ1) is 17.1. The Balaban J connectivity index is 1.42. The van der Waals surface area contributed by atoms with Gasteiger partial charge in [-0.25, -0.2) is 0 Å². The van der Waals surface area contributed by atoms with Crippen LogP contribution in [0.1, 0.15) is 83.6 Å². The van der Waals surface area contributed by atoms with Gasteiger partial charge < -0.3 is 0 Å². The van der Waals surface area contributed by atoms with Crippen molar-refractivity contribution >= 4 is 6.08 Å². The van der Waals surface area contributed by atoms with Crippen molar-refractivity contribution in [3.63, 3.8) is 0 Å². The Kier molecular flexibility index (Phi) is 4.11. The van der Waals surface area contributed by atoms with Crippen molar-refractivity contribution in [2.24, 2.45) is 34.5 Å². The summed E-state index contributed by atoms with van der Waals surface area (Å²) in [5.41, 5.74) is 4.40. The molecule has 6 atom stereocenters. The number of hydrogen-bond donors (Lipinski definition) is 0. The van der Waals surface area contributed by atoms with E-state index in [9.17, 15) is 0 Å². The predicted octanol–water partition coefficient (Wildman–Crippen LogP) is 7.50. The molecule has 0 aliphatic heterocycles. The average Bonchev–Trinajstić information content (AvgIpc) is 2.98. The van der Waals surface area contributed by atoms with Gasteiger partial charge in [-0.05, 0) is 91.4 Å². The Bertz CT molecular complexity index is 685. The lowest BCUT2D eigenvalue weighted by molar-refractivity contribution is -0.103. The fourth-order valence-corrected chi connectivity index (χ4v) is 8.07. The molecule has 0 nitrogen and oxygen atoms in total. The monoisotopic (exact) mass is 348 g/mol. The summed E-state index contributed by atoms with van der Waals surface area (Å²) in [6, 6.07) is 11.0. The molecule has 0 saturated heterocycles. The maximum Gasteiger partial charge on any atom is -0.0254 e. The lowest BCUT2D eigenvalue weighted by atomic mass is 9.45. The smallest absolute Gasteiger partial charge is 0.0254 e. The van der Waals surface area contributed by atoms with E-state index in [1.165, 1.54) is 69.8 Å². The minimum absolute atomic E-state index is 0.583. The van der Waals surface area contributed by atoms with Crippen molar-refractivity contribution in [1.82, 2.24) is 0 Å². The highest BCUT2D eigenvalue weighted by molar-refractivity contribution is 5.54. The van der Waals surface area contributed by atoms with Crippen LogP contribution in [0.15, 0.2) is 35.9 Å². The van der Waals surface area contributed by atoms with E-state index in [1.807, 2.05) is 0 Å². The quantitative estimate of drug-likeness (QED) is 0.493. The number of benzene rings is 1. The summed E-state index contributed by atoms with van der Waals surface area (Å²) in [7, 11) is 0. The molecule has 0 N–H and O–H groups in total. The number of hydrogen-bond acceptors (Lipinski definition) is 0. The minimum atomic E-state index is 0.583. The molecule has 4 fully saturated rings. The van der Waals surface area contributed by atoms with Crippen LogP contribution in [0, 0.1) is 34.5 Å². The molecule has 0 unspecified atom stereocenters. The van der Waals surface area contributed by atoms with Crippen LogP contribution in [-0.2, 0) is 0 Å². The van der Waals surface area contributed by atoms with Crippen molar-refractivity contribution in [3.8, 4) is 0 Å². The average molecular weight is 349 g/mol. The van der Waals surface area contributed by atoms with Gasteiger partial charge in [-0.15, -0.1) is 0 Å². The second kappa shape index (κ2) is 6.25. The van der Waals surface area contributed by atoms with Gasteiger partial charge in [-0.1, -0.05) is 68.7 Å². The molecule has 0 aromatic heterocycles. The van der Waals surface area contributed by atoms with Gasteiger partial charge >= 0.3 is 0 Å². The van der Waals surface area contributed by atoms with E-state index < -0.39 is 0 Å². The third kappa shape index (κ3) is 2.62. The lowest BCUT2D eigenvalue weighted by Crippen LogP contribution is -2.51. The van der Waals surface area contributed by atoms with Gasteiger partial charge in [0.05, 0.1) is 0 Å². The second-order valence-corrected chi connectivity index (χ2v) is 10.7. The normalized spacial score (nSPS) is 46.5. The molecule has 4 aliphatic rings. The molecule has 5 rings (SSSR count). The maximum atomic E-state index is 2.70. The zero-order chi connectivity index (χ0) is 17.8. The highest BCUT2D eigenvalue weighted by atomic mass is 14.6. The zero-order valence-corrected chi connectivity index (χ0v) is 16.8. The largest absolute Gasteiger partial charge is 0.0688 e. The third-order valence-electron chi connectivity index (χ3n) is 9.38. The minimum Gasteiger partial charge on any atom is -0.0688 e. The van der Waals surface area contributed by atoms with Crippen molar-refractivity contribution in [1.29, 1.82) is 0 Å². The van der Waals surface area contributed by atoms with E-state index >= 15 is 0 Å². The van der Waals surface area contributed by atoms with Gasteiger partial charge in [0, 0.05) is 0 Å². The van der Waals surface area contributed by atoms with Gasteiger partial charge in [0.25, 0.3) is 0 Å². The maximum absolute atomic E-state index is 2.70. The summed E-state index contributed by atoms with van der Waals surface area (Å²) < 4.78 is 0. The number of allylic oxidation sites excluding steroid dienone is 1. The molecule has 0 bridgehead atoms.